The van der Waals surface area contributed by atoms with Gasteiger partial charge in [0.15, 0.2) is 0 Å². The monoisotopic (exact) mass is 500 g/mol. The van der Waals surface area contributed by atoms with Crippen LogP contribution in [0.15, 0.2) is 91.0 Å². The molecule has 0 radical (unpaired) electrons. The molecule has 3 aromatic carbocycles. The molecule has 2 bridgehead atoms. The average Bonchev–Trinajstić information content (AvgIpc) is 3.23. The van der Waals surface area contributed by atoms with E-state index >= 15 is 0 Å². The molecule has 2 heterocycles. The van der Waals surface area contributed by atoms with Gasteiger partial charge < -0.3 is 14.9 Å². The fourth-order valence-electron chi connectivity index (χ4n) is 5.90. The second kappa shape index (κ2) is 10.7. The van der Waals surface area contributed by atoms with E-state index in [9.17, 15) is 19.8 Å². The zero-order chi connectivity index (χ0) is 25.9. The van der Waals surface area contributed by atoms with Crippen LogP contribution in [0.1, 0.15) is 48.5 Å². The van der Waals surface area contributed by atoms with Crippen molar-refractivity contribution in [1.29, 1.82) is 0 Å². The minimum Gasteiger partial charge on any atom is -0.480 e. The number of amides is 1. The zero-order valence-electron chi connectivity index (χ0n) is 20.8. The summed E-state index contributed by atoms with van der Waals surface area (Å²) in [4.78, 5) is 29.2. The highest BCUT2D eigenvalue weighted by molar-refractivity contribution is 5.78. The van der Waals surface area contributed by atoms with Crippen LogP contribution in [0, 0.1) is 0 Å². The summed E-state index contributed by atoms with van der Waals surface area (Å²) in [5.74, 6) is -1.50. The standard InChI is InChI=1S/C30H32N2O5/c1-20(21-11-5-2-6-12-21)37-30(36)32-24-17-18-25(32)27(29(34)35)31(19-24)28(33)26(22-13-7-3-8-14-22)23-15-9-4-10-16-23/h2-16,20,24-28,33H,17-19H2,1H3,(H,34,35)/t20?,24-,25+,27-,28?/m0/s1. The van der Waals surface area contributed by atoms with E-state index in [0.29, 0.717) is 12.8 Å². The Labute approximate surface area is 216 Å². The van der Waals surface area contributed by atoms with Crippen LogP contribution in [0.5, 0.6) is 0 Å². The van der Waals surface area contributed by atoms with Gasteiger partial charge in [0.1, 0.15) is 18.4 Å². The third-order valence-electron chi connectivity index (χ3n) is 7.66. The Bertz CT molecular complexity index is 1170. The van der Waals surface area contributed by atoms with Gasteiger partial charge in [-0.05, 0) is 36.5 Å². The van der Waals surface area contributed by atoms with Crippen LogP contribution in [-0.4, -0.2) is 63.0 Å². The predicted molar refractivity (Wildman–Crippen MR) is 139 cm³/mol. The van der Waals surface area contributed by atoms with Crippen molar-refractivity contribution in [2.24, 2.45) is 0 Å². The minimum atomic E-state index is -1.09. The molecule has 0 aromatic heterocycles. The number of fused-ring (bicyclic) bond motifs is 2. The van der Waals surface area contributed by atoms with E-state index in [-0.39, 0.29) is 12.6 Å². The molecular formula is C30H32N2O5. The maximum Gasteiger partial charge on any atom is 0.410 e. The minimum absolute atomic E-state index is 0.238. The molecular weight excluding hydrogens is 468 g/mol. The number of piperazine rings is 1. The number of benzene rings is 3. The molecule has 5 atom stereocenters. The van der Waals surface area contributed by atoms with Crippen molar-refractivity contribution in [2.75, 3.05) is 6.54 Å². The van der Waals surface area contributed by atoms with Gasteiger partial charge in [-0.25, -0.2) is 4.79 Å². The van der Waals surface area contributed by atoms with E-state index in [1.165, 1.54) is 0 Å². The molecule has 0 aliphatic carbocycles. The molecule has 0 spiro atoms. The molecule has 3 aromatic rings. The number of carbonyl (C=O) groups is 2. The van der Waals surface area contributed by atoms with Crippen LogP contribution in [0.3, 0.4) is 0 Å². The molecule has 37 heavy (non-hydrogen) atoms. The third-order valence-corrected chi connectivity index (χ3v) is 7.66. The van der Waals surface area contributed by atoms with Crippen molar-refractivity contribution in [1.82, 2.24) is 9.80 Å². The first-order valence-corrected chi connectivity index (χ1v) is 12.8. The molecule has 2 saturated heterocycles. The number of carbonyl (C=O) groups excluding carboxylic acids is 1. The summed E-state index contributed by atoms with van der Waals surface area (Å²) in [5.41, 5.74) is 2.67. The molecule has 2 fully saturated rings. The lowest BCUT2D eigenvalue weighted by Crippen LogP contribution is -2.66. The normalized spacial score (nSPS) is 23.0. The van der Waals surface area contributed by atoms with Crippen molar-refractivity contribution < 1.29 is 24.5 Å². The summed E-state index contributed by atoms with van der Waals surface area (Å²) in [6.45, 7) is 2.06. The molecule has 2 N–H and O–H groups in total. The molecule has 2 aliphatic rings. The lowest BCUT2D eigenvalue weighted by molar-refractivity contribution is -0.158. The number of aliphatic hydroxyl groups is 1. The van der Waals surface area contributed by atoms with Crippen molar-refractivity contribution >= 4 is 12.1 Å². The van der Waals surface area contributed by atoms with Gasteiger partial charge in [0.05, 0.1) is 6.04 Å². The second-order valence-electron chi connectivity index (χ2n) is 9.83. The van der Waals surface area contributed by atoms with Crippen LogP contribution in [0.4, 0.5) is 4.79 Å². The Hall–Kier alpha value is -3.68. The molecule has 1 amide bonds. The Morgan fingerprint density at radius 2 is 1.35 bits per heavy atom. The smallest absolute Gasteiger partial charge is 0.410 e. The molecule has 7 nitrogen and oxygen atoms in total. The van der Waals surface area contributed by atoms with Crippen LogP contribution < -0.4 is 0 Å². The molecule has 7 heteroatoms. The van der Waals surface area contributed by atoms with Gasteiger partial charge >= 0.3 is 12.1 Å². The quantitative estimate of drug-likeness (QED) is 0.491. The highest BCUT2D eigenvalue weighted by Crippen LogP contribution is 2.40. The fraction of sp³-hybridized carbons (Fsp3) is 0.333. The first-order valence-electron chi connectivity index (χ1n) is 12.8. The second-order valence-corrected chi connectivity index (χ2v) is 9.83. The summed E-state index contributed by atoms with van der Waals surface area (Å²) < 4.78 is 5.78. The van der Waals surface area contributed by atoms with Crippen molar-refractivity contribution in [3.63, 3.8) is 0 Å². The highest BCUT2D eigenvalue weighted by Gasteiger charge is 2.54. The van der Waals surface area contributed by atoms with Gasteiger partial charge in [-0.3, -0.25) is 14.6 Å². The Kier molecular flexibility index (Phi) is 7.26. The molecule has 5 rings (SSSR count). The lowest BCUT2D eigenvalue weighted by atomic mass is 9.87. The molecule has 2 aliphatic heterocycles. The van der Waals surface area contributed by atoms with Crippen molar-refractivity contribution in [3.8, 4) is 0 Å². The van der Waals surface area contributed by atoms with Crippen molar-refractivity contribution in [2.45, 2.75) is 56.1 Å². The summed E-state index contributed by atoms with van der Waals surface area (Å²) in [6.07, 6.45) is -0.850. The highest BCUT2D eigenvalue weighted by atomic mass is 16.6. The number of carboxylic acids is 1. The summed E-state index contributed by atoms with van der Waals surface area (Å²) in [6, 6.07) is 26.9. The summed E-state index contributed by atoms with van der Waals surface area (Å²) in [5, 5.41) is 22.1. The summed E-state index contributed by atoms with van der Waals surface area (Å²) >= 11 is 0. The largest absolute Gasteiger partial charge is 0.480 e. The van der Waals surface area contributed by atoms with E-state index in [2.05, 4.69) is 0 Å². The van der Waals surface area contributed by atoms with Gasteiger partial charge in [-0.1, -0.05) is 91.0 Å². The Morgan fingerprint density at radius 1 is 0.838 bits per heavy atom. The number of hydrogen-bond acceptors (Lipinski definition) is 5. The van der Waals surface area contributed by atoms with E-state index in [0.717, 1.165) is 16.7 Å². The maximum absolute atomic E-state index is 13.3. The third kappa shape index (κ3) is 4.97. The number of rotatable bonds is 7. The Morgan fingerprint density at radius 3 is 1.86 bits per heavy atom. The topological polar surface area (TPSA) is 90.3 Å². The van der Waals surface area contributed by atoms with E-state index in [4.69, 9.17) is 4.74 Å². The number of aliphatic hydroxyl groups excluding tert-OH is 1. The first-order chi connectivity index (χ1) is 18.0. The van der Waals surface area contributed by atoms with Gasteiger partial charge in [-0.15, -0.1) is 0 Å². The molecule has 192 valence electrons. The molecule has 0 saturated carbocycles. The van der Waals surface area contributed by atoms with Crippen LogP contribution in [0.25, 0.3) is 0 Å². The van der Waals surface area contributed by atoms with Crippen molar-refractivity contribution in [3.05, 3.63) is 108 Å². The lowest BCUT2D eigenvalue weighted by Gasteiger charge is -2.47. The number of likely N-dealkylation sites (tertiary alicyclic amines) is 1. The van der Waals surface area contributed by atoms with Crippen LogP contribution in [-0.2, 0) is 9.53 Å². The number of hydrogen-bond donors (Lipinski definition) is 2. The molecule has 2 unspecified atom stereocenters. The zero-order valence-corrected chi connectivity index (χ0v) is 20.8. The van der Waals surface area contributed by atoms with Gasteiger partial charge in [0.2, 0.25) is 0 Å². The fourth-order valence-corrected chi connectivity index (χ4v) is 5.90. The Balaban J connectivity index is 1.42. The van der Waals surface area contributed by atoms with Gasteiger partial charge in [0, 0.05) is 18.5 Å². The number of nitrogens with zero attached hydrogens (tertiary/aromatic N) is 2. The van der Waals surface area contributed by atoms with E-state index < -0.39 is 42.4 Å². The van der Waals surface area contributed by atoms with Crippen LogP contribution >= 0.6 is 0 Å². The number of ether oxygens (including phenoxy) is 1. The maximum atomic E-state index is 13.3. The number of carboxylic acid groups (broad SMARTS) is 1. The SMILES string of the molecule is CC(OC(=O)N1[C@H]2CC[C@@H]1[C@@H](C(=O)O)N(C(O)C(c1ccccc1)c1ccccc1)C2)c1ccccc1. The van der Waals surface area contributed by atoms with Gasteiger partial charge in [0.25, 0.3) is 0 Å². The first kappa shape index (κ1) is 25.0. The van der Waals surface area contributed by atoms with Crippen LogP contribution in [0.2, 0.25) is 0 Å². The average molecular weight is 501 g/mol. The predicted octanol–water partition coefficient (Wildman–Crippen LogP) is 4.64. The number of aliphatic carboxylic acids is 1. The van der Waals surface area contributed by atoms with Gasteiger partial charge in [-0.2, -0.15) is 0 Å². The van der Waals surface area contributed by atoms with E-state index in [1.54, 1.807) is 9.80 Å². The van der Waals surface area contributed by atoms with E-state index in [1.807, 2.05) is 97.9 Å². The summed E-state index contributed by atoms with van der Waals surface area (Å²) in [7, 11) is 0.